The van der Waals surface area contributed by atoms with Gasteiger partial charge in [0.15, 0.2) is 5.90 Å². The smallest absolute Gasteiger partial charge is 0.283 e. The van der Waals surface area contributed by atoms with Crippen molar-refractivity contribution in [2.75, 3.05) is 14.2 Å². The number of rotatable bonds is 4. The zero-order chi connectivity index (χ0) is 25.7. The molecule has 7 heteroatoms. The van der Waals surface area contributed by atoms with Gasteiger partial charge in [0.25, 0.3) is 11.8 Å². The van der Waals surface area contributed by atoms with Crippen molar-refractivity contribution in [3.8, 4) is 11.5 Å². The van der Waals surface area contributed by atoms with E-state index in [9.17, 15) is 9.59 Å². The van der Waals surface area contributed by atoms with Gasteiger partial charge in [0.2, 0.25) is 5.60 Å². The van der Waals surface area contributed by atoms with Gasteiger partial charge in [0.05, 0.1) is 26.5 Å². The lowest BCUT2D eigenvalue weighted by molar-refractivity contribution is -0.146. The van der Waals surface area contributed by atoms with E-state index in [4.69, 9.17) is 19.2 Å². The Hall–Kier alpha value is -4.13. The molecule has 2 amide bonds. The highest BCUT2D eigenvalue weighted by atomic mass is 16.5. The van der Waals surface area contributed by atoms with Gasteiger partial charge < -0.3 is 14.2 Å². The standard InChI is InChI=1S/C29H28N2O5/c1-28(2,3)26-30-23-13-9-8-12-22(23)29(36-26)21-11-7-6-10-20(21)25(32)31(27(29)33)17-18-14-15-19(34-4)16-24(18)35-5/h6-16H,17H2,1-5H3. The Kier molecular flexibility index (Phi) is 5.58. The second kappa shape index (κ2) is 8.52. The molecule has 1 atom stereocenters. The first-order valence-electron chi connectivity index (χ1n) is 11.7. The molecule has 0 aromatic heterocycles. The van der Waals surface area contributed by atoms with Crippen LogP contribution in [-0.2, 0) is 21.7 Å². The van der Waals surface area contributed by atoms with Gasteiger partial charge in [-0.25, -0.2) is 4.99 Å². The molecule has 184 valence electrons. The molecule has 0 radical (unpaired) electrons. The Balaban J connectivity index is 1.72. The normalized spacial score (nSPS) is 18.8. The Morgan fingerprint density at radius 1 is 0.917 bits per heavy atom. The van der Waals surface area contributed by atoms with Crippen LogP contribution in [0.25, 0.3) is 0 Å². The van der Waals surface area contributed by atoms with Crippen molar-refractivity contribution in [2.24, 2.45) is 10.4 Å². The third kappa shape index (κ3) is 3.54. The number of hydrogen-bond acceptors (Lipinski definition) is 6. The van der Waals surface area contributed by atoms with Crippen LogP contribution in [0.5, 0.6) is 11.5 Å². The van der Waals surface area contributed by atoms with Gasteiger partial charge in [-0.15, -0.1) is 0 Å². The van der Waals surface area contributed by atoms with Crippen LogP contribution in [0.15, 0.2) is 71.7 Å². The first kappa shape index (κ1) is 23.6. The van der Waals surface area contributed by atoms with Crippen LogP contribution in [0, 0.1) is 5.41 Å². The third-order valence-corrected chi connectivity index (χ3v) is 6.55. The molecule has 0 aliphatic carbocycles. The minimum atomic E-state index is -1.55. The van der Waals surface area contributed by atoms with E-state index in [0.29, 0.717) is 45.3 Å². The largest absolute Gasteiger partial charge is 0.497 e. The van der Waals surface area contributed by atoms with E-state index in [2.05, 4.69) is 0 Å². The van der Waals surface area contributed by atoms with Crippen LogP contribution in [0.1, 0.15) is 47.8 Å². The van der Waals surface area contributed by atoms with Gasteiger partial charge >= 0.3 is 0 Å². The number of fused-ring (bicyclic) bond motifs is 4. The number of para-hydroxylation sites is 1. The SMILES string of the molecule is COc1ccc(CN2C(=O)c3ccccc3C3(OC(C(C)(C)C)=Nc4ccccc43)C2=O)c(OC)c1. The second-order valence-corrected chi connectivity index (χ2v) is 9.89. The van der Waals surface area contributed by atoms with Crippen LogP contribution >= 0.6 is 0 Å². The van der Waals surface area contributed by atoms with E-state index in [0.717, 1.165) is 0 Å². The molecule has 0 N–H and O–H groups in total. The van der Waals surface area contributed by atoms with Crippen molar-refractivity contribution in [3.05, 3.63) is 89.0 Å². The summed E-state index contributed by atoms with van der Waals surface area (Å²) in [6.45, 7) is 5.96. The molecule has 2 aliphatic heterocycles. The highest BCUT2D eigenvalue weighted by molar-refractivity contribution is 6.15. The Morgan fingerprint density at radius 2 is 1.61 bits per heavy atom. The summed E-state index contributed by atoms with van der Waals surface area (Å²) in [5.41, 5.74) is 0.828. The number of methoxy groups -OCH3 is 2. The summed E-state index contributed by atoms with van der Waals surface area (Å²) >= 11 is 0. The van der Waals surface area contributed by atoms with Crippen molar-refractivity contribution >= 4 is 23.4 Å². The summed E-state index contributed by atoms with van der Waals surface area (Å²) in [5.74, 6) is 0.711. The van der Waals surface area contributed by atoms with Gasteiger partial charge in [-0.05, 0) is 24.3 Å². The molecule has 1 spiro atoms. The van der Waals surface area contributed by atoms with Crippen molar-refractivity contribution in [1.82, 2.24) is 4.90 Å². The van der Waals surface area contributed by atoms with Gasteiger partial charge in [-0.3, -0.25) is 14.5 Å². The predicted molar refractivity (Wildman–Crippen MR) is 136 cm³/mol. The Labute approximate surface area is 210 Å². The molecule has 3 aromatic rings. The summed E-state index contributed by atoms with van der Waals surface area (Å²) < 4.78 is 17.5. The molecule has 5 rings (SSSR count). The van der Waals surface area contributed by atoms with Crippen LogP contribution in [-0.4, -0.2) is 36.8 Å². The average Bonchev–Trinajstić information content (AvgIpc) is 2.89. The highest BCUT2D eigenvalue weighted by Crippen LogP contribution is 2.49. The predicted octanol–water partition coefficient (Wildman–Crippen LogP) is 5.24. The van der Waals surface area contributed by atoms with E-state index < -0.39 is 16.9 Å². The number of benzene rings is 3. The van der Waals surface area contributed by atoms with Crippen LogP contribution in [0.3, 0.4) is 0 Å². The number of imide groups is 1. The summed E-state index contributed by atoms with van der Waals surface area (Å²) in [4.78, 5) is 34.2. The fourth-order valence-corrected chi connectivity index (χ4v) is 4.70. The first-order valence-corrected chi connectivity index (χ1v) is 11.7. The minimum absolute atomic E-state index is 0.00837. The molecule has 0 saturated carbocycles. The summed E-state index contributed by atoms with van der Waals surface area (Å²) in [6.07, 6.45) is 0. The topological polar surface area (TPSA) is 77.4 Å². The lowest BCUT2D eigenvalue weighted by Crippen LogP contribution is -2.58. The van der Waals surface area contributed by atoms with E-state index in [1.807, 2.05) is 51.1 Å². The van der Waals surface area contributed by atoms with E-state index in [1.54, 1.807) is 50.6 Å². The van der Waals surface area contributed by atoms with Crippen molar-refractivity contribution in [1.29, 1.82) is 0 Å². The average molecular weight is 485 g/mol. The molecular weight excluding hydrogens is 456 g/mol. The molecule has 0 saturated heterocycles. The number of carbonyl (C=O) groups excluding carboxylic acids is 2. The van der Waals surface area contributed by atoms with Crippen molar-refractivity contribution < 1.29 is 23.8 Å². The van der Waals surface area contributed by atoms with E-state index in [1.165, 1.54) is 4.90 Å². The van der Waals surface area contributed by atoms with Crippen molar-refractivity contribution in [3.63, 3.8) is 0 Å². The van der Waals surface area contributed by atoms with E-state index in [-0.39, 0.29) is 12.5 Å². The summed E-state index contributed by atoms with van der Waals surface area (Å²) in [6, 6.07) is 19.9. The molecule has 0 fully saturated rings. The minimum Gasteiger partial charge on any atom is -0.497 e. The number of ether oxygens (including phenoxy) is 3. The zero-order valence-corrected chi connectivity index (χ0v) is 21.0. The van der Waals surface area contributed by atoms with Gasteiger partial charge in [0.1, 0.15) is 11.5 Å². The third-order valence-electron chi connectivity index (χ3n) is 6.55. The van der Waals surface area contributed by atoms with Gasteiger partial charge in [-0.2, -0.15) is 0 Å². The maximum atomic E-state index is 14.5. The van der Waals surface area contributed by atoms with Crippen molar-refractivity contribution in [2.45, 2.75) is 32.9 Å². The molecular formula is C29H28N2O5. The number of carbonyl (C=O) groups is 2. The fraction of sp³-hybridized carbons (Fsp3) is 0.276. The monoisotopic (exact) mass is 484 g/mol. The Bertz CT molecular complexity index is 1400. The molecule has 3 aromatic carbocycles. The number of nitrogens with zero attached hydrogens (tertiary/aromatic N) is 2. The summed E-state index contributed by atoms with van der Waals surface area (Å²) in [7, 11) is 3.11. The zero-order valence-electron chi connectivity index (χ0n) is 21.0. The maximum absolute atomic E-state index is 14.5. The molecule has 36 heavy (non-hydrogen) atoms. The molecule has 1 unspecified atom stereocenters. The maximum Gasteiger partial charge on any atom is 0.283 e. The van der Waals surface area contributed by atoms with Crippen LogP contribution < -0.4 is 9.47 Å². The number of aliphatic imine (C=N–C) groups is 1. The van der Waals surface area contributed by atoms with Gasteiger partial charge in [-0.1, -0.05) is 57.2 Å². The quantitative estimate of drug-likeness (QED) is 0.474. The summed E-state index contributed by atoms with van der Waals surface area (Å²) in [5, 5.41) is 0. The lowest BCUT2D eigenvalue weighted by atomic mass is 9.77. The number of amides is 2. The van der Waals surface area contributed by atoms with E-state index >= 15 is 0 Å². The molecule has 2 aliphatic rings. The Morgan fingerprint density at radius 3 is 2.31 bits per heavy atom. The molecule has 7 nitrogen and oxygen atoms in total. The fourth-order valence-electron chi connectivity index (χ4n) is 4.70. The number of hydrogen-bond donors (Lipinski definition) is 0. The van der Waals surface area contributed by atoms with Gasteiger partial charge in [0, 0.05) is 33.7 Å². The van der Waals surface area contributed by atoms with Crippen LogP contribution in [0.2, 0.25) is 0 Å². The second-order valence-electron chi connectivity index (χ2n) is 9.89. The molecule has 0 bridgehead atoms. The first-order chi connectivity index (χ1) is 17.2. The highest BCUT2D eigenvalue weighted by Gasteiger charge is 2.57. The molecule has 2 heterocycles. The lowest BCUT2D eigenvalue weighted by Gasteiger charge is -2.45. The van der Waals surface area contributed by atoms with Crippen LogP contribution in [0.4, 0.5) is 5.69 Å².